The lowest BCUT2D eigenvalue weighted by molar-refractivity contribution is -0.115. The van der Waals surface area contributed by atoms with Crippen LogP contribution in [0.5, 0.6) is 0 Å². The van der Waals surface area contributed by atoms with Crippen LogP contribution in [-0.4, -0.2) is 32.4 Å². The Labute approximate surface area is 196 Å². The number of nitrogens with zero attached hydrogens (tertiary/aromatic N) is 3. The Balaban J connectivity index is 1.65. The second-order valence-electron chi connectivity index (χ2n) is 7.30. The Morgan fingerprint density at radius 1 is 1.12 bits per heavy atom. The highest BCUT2D eigenvalue weighted by Crippen LogP contribution is 2.34. The van der Waals surface area contributed by atoms with Gasteiger partial charge in [-0.25, -0.2) is 4.98 Å². The number of imide groups is 1. The quantitative estimate of drug-likeness (QED) is 0.389. The van der Waals surface area contributed by atoms with Crippen molar-refractivity contribution >= 4 is 74.1 Å². The van der Waals surface area contributed by atoms with Gasteiger partial charge in [-0.2, -0.15) is 0 Å². The summed E-state index contributed by atoms with van der Waals surface area (Å²) in [6.07, 6.45) is 1.71. The number of aryl methyl sites for hydroxylation is 1. The van der Waals surface area contributed by atoms with E-state index in [2.05, 4.69) is 5.32 Å². The second-order valence-corrected chi connectivity index (χ2v) is 9.12. The number of hydrogen-bond acceptors (Lipinski definition) is 5. The molecule has 1 aliphatic rings. The molecule has 1 fully saturated rings. The van der Waals surface area contributed by atoms with Gasteiger partial charge in [0.15, 0.2) is 5.82 Å². The highest BCUT2D eigenvalue weighted by molar-refractivity contribution is 8.18. The van der Waals surface area contributed by atoms with E-state index in [0.29, 0.717) is 21.7 Å². The molecule has 1 saturated heterocycles. The summed E-state index contributed by atoms with van der Waals surface area (Å²) in [4.78, 5) is 28.5. The fourth-order valence-corrected chi connectivity index (χ4v) is 4.82. The molecule has 0 saturated carbocycles. The van der Waals surface area contributed by atoms with Gasteiger partial charge < -0.3 is 9.30 Å². The molecule has 32 heavy (non-hydrogen) atoms. The minimum atomic E-state index is -0.376. The van der Waals surface area contributed by atoms with Crippen molar-refractivity contribution < 1.29 is 14.3 Å². The molecule has 2 amide bonds. The summed E-state index contributed by atoms with van der Waals surface area (Å²) in [5.74, 6) is 0.342. The molecule has 162 valence electrons. The predicted molar refractivity (Wildman–Crippen MR) is 128 cm³/mol. The van der Waals surface area contributed by atoms with Crippen molar-refractivity contribution in [1.29, 1.82) is 0 Å². The van der Waals surface area contributed by atoms with Crippen LogP contribution in [0.1, 0.15) is 5.56 Å². The molecule has 0 bridgehead atoms. The monoisotopic (exact) mass is 486 g/mol. The van der Waals surface area contributed by atoms with Crippen LogP contribution in [0.2, 0.25) is 10.0 Å². The van der Waals surface area contributed by atoms with E-state index >= 15 is 0 Å². The zero-order chi connectivity index (χ0) is 22.6. The van der Waals surface area contributed by atoms with Crippen LogP contribution in [0.3, 0.4) is 0 Å². The maximum atomic E-state index is 11.9. The van der Waals surface area contributed by atoms with Crippen LogP contribution in [0.4, 0.5) is 4.79 Å². The number of ether oxygens (including phenoxy) is 1. The number of aromatic nitrogens is 3. The normalized spacial score (nSPS) is 15.4. The Bertz CT molecular complexity index is 1470. The summed E-state index contributed by atoms with van der Waals surface area (Å²) in [5, 5.41) is 3.77. The standard InChI is InChI=1S/C22H16Cl2N4O3S/c1-27-16-4-3-11(6-19-21(29)26-22(30)32-19)5-12(16)7-18(27)20-25-15-8-13(23)14(24)9-17(15)28(20)10-31-2/h3-9H,10H2,1-2H3,(H,26,29,30). The summed E-state index contributed by atoms with van der Waals surface area (Å²) in [7, 11) is 3.58. The number of thioether (sulfide) groups is 1. The Morgan fingerprint density at radius 2 is 1.91 bits per heavy atom. The largest absolute Gasteiger partial charge is 0.364 e. The third-order valence-electron chi connectivity index (χ3n) is 5.28. The Kier molecular flexibility index (Phi) is 5.25. The smallest absolute Gasteiger partial charge is 0.290 e. The number of benzene rings is 2. The fraction of sp³-hybridized carbons (Fsp3) is 0.136. The first kappa shape index (κ1) is 21.1. The number of imidazole rings is 1. The lowest BCUT2D eigenvalue weighted by Gasteiger charge is -2.09. The average Bonchev–Trinajstić information content (AvgIpc) is 3.36. The summed E-state index contributed by atoms with van der Waals surface area (Å²) in [6, 6.07) is 11.4. The first-order valence-electron chi connectivity index (χ1n) is 9.54. The molecular formula is C22H16Cl2N4O3S. The van der Waals surface area contributed by atoms with E-state index in [9.17, 15) is 9.59 Å². The number of carbonyl (C=O) groups is 2. The number of carbonyl (C=O) groups excluding carboxylic acids is 2. The molecule has 10 heteroatoms. The highest BCUT2D eigenvalue weighted by Gasteiger charge is 2.25. The lowest BCUT2D eigenvalue weighted by atomic mass is 10.1. The topological polar surface area (TPSA) is 78.1 Å². The van der Waals surface area contributed by atoms with Gasteiger partial charge in [-0.05, 0) is 53.7 Å². The van der Waals surface area contributed by atoms with Gasteiger partial charge in [-0.15, -0.1) is 0 Å². The number of methoxy groups -OCH3 is 1. The third-order valence-corrected chi connectivity index (χ3v) is 6.82. The highest BCUT2D eigenvalue weighted by atomic mass is 35.5. The predicted octanol–water partition coefficient (Wildman–Crippen LogP) is 5.43. The maximum absolute atomic E-state index is 11.9. The SMILES string of the molecule is COCn1c(-c2cc3cc(C=C4SC(=O)NC4=O)ccc3n2C)nc2cc(Cl)c(Cl)cc21. The van der Waals surface area contributed by atoms with E-state index in [0.717, 1.165) is 50.8 Å². The van der Waals surface area contributed by atoms with Gasteiger partial charge in [0.1, 0.15) is 6.73 Å². The molecule has 0 unspecified atom stereocenters. The van der Waals surface area contributed by atoms with E-state index in [1.165, 1.54) is 0 Å². The number of halogens is 2. The number of amides is 2. The molecule has 1 aliphatic heterocycles. The van der Waals surface area contributed by atoms with Crippen molar-refractivity contribution in [2.75, 3.05) is 7.11 Å². The van der Waals surface area contributed by atoms with E-state index < -0.39 is 0 Å². The van der Waals surface area contributed by atoms with Crippen LogP contribution < -0.4 is 5.32 Å². The van der Waals surface area contributed by atoms with E-state index in [-0.39, 0.29) is 11.1 Å². The van der Waals surface area contributed by atoms with E-state index in [4.69, 9.17) is 32.9 Å². The minimum Gasteiger partial charge on any atom is -0.364 e. The zero-order valence-corrected chi connectivity index (χ0v) is 19.3. The van der Waals surface area contributed by atoms with Gasteiger partial charge in [-0.1, -0.05) is 29.3 Å². The first-order chi connectivity index (χ1) is 15.4. The molecule has 5 rings (SSSR count). The van der Waals surface area contributed by atoms with E-state index in [1.54, 1.807) is 25.3 Å². The van der Waals surface area contributed by atoms with Crippen LogP contribution >= 0.6 is 35.0 Å². The maximum Gasteiger partial charge on any atom is 0.290 e. The lowest BCUT2D eigenvalue weighted by Crippen LogP contribution is -2.17. The van der Waals surface area contributed by atoms with Gasteiger partial charge in [0.05, 0.1) is 31.7 Å². The van der Waals surface area contributed by atoms with Gasteiger partial charge in [0, 0.05) is 25.1 Å². The number of fused-ring (bicyclic) bond motifs is 2. The molecule has 0 spiro atoms. The van der Waals surface area contributed by atoms with E-state index in [1.807, 2.05) is 40.4 Å². The molecule has 2 aromatic heterocycles. The fourth-order valence-electron chi connectivity index (χ4n) is 3.82. The van der Waals surface area contributed by atoms with Crippen molar-refractivity contribution in [2.45, 2.75) is 6.73 Å². The van der Waals surface area contributed by atoms with Gasteiger partial charge in [0.2, 0.25) is 0 Å². The molecule has 7 nitrogen and oxygen atoms in total. The van der Waals surface area contributed by atoms with Crippen molar-refractivity contribution in [3.8, 4) is 11.5 Å². The van der Waals surface area contributed by atoms with Crippen LogP contribution in [0, 0.1) is 0 Å². The van der Waals surface area contributed by atoms with Gasteiger partial charge >= 0.3 is 0 Å². The number of hydrogen-bond donors (Lipinski definition) is 1. The Morgan fingerprint density at radius 3 is 2.62 bits per heavy atom. The van der Waals surface area contributed by atoms with Crippen LogP contribution in [0.25, 0.3) is 39.5 Å². The summed E-state index contributed by atoms with van der Waals surface area (Å²) in [5.41, 5.74) is 4.24. The summed E-state index contributed by atoms with van der Waals surface area (Å²) < 4.78 is 9.40. The molecular weight excluding hydrogens is 471 g/mol. The second kappa shape index (κ2) is 7.97. The van der Waals surface area contributed by atoms with Crippen molar-refractivity contribution in [2.24, 2.45) is 7.05 Å². The van der Waals surface area contributed by atoms with Crippen molar-refractivity contribution in [1.82, 2.24) is 19.4 Å². The summed E-state index contributed by atoms with van der Waals surface area (Å²) in [6.45, 7) is 0.295. The minimum absolute atomic E-state index is 0.295. The Hall–Kier alpha value is -2.78. The van der Waals surface area contributed by atoms with Crippen LogP contribution in [-0.2, 0) is 23.3 Å². The third kappa shape index (κ3) is 3.49. The number of rotatable bonds is 4. The average molecular weight is 487 g/mol. The molecule has 2 aromatic carbocycles. The first-order valence-corrected chi connectivity index (χ1v) is 11.1. The molecule has 0 aliphatic carbocycles. The van der Waals surface area contributed by atoms with Crippen molar-refractivity contribution in [3.63, 3.8) is 0 Å². The summed E-state index contributed by atoms with van der Waals surface area (Å²) >= 11 is 13.3. The molecule has 1 N–H and O–H groups in total. The molecule has 0 atom stereocenters. The van der Waals surface area contributed by atoms with Gasteiger partial charge in [0.25, 0.3) is 11.1 Å². The molecule has 3 heterocycles. The van der Waals surface area contributed by atoms with Crippen molar-refractivity contribution in [3.05, 3.63) is 56.9 Å². The van der Waals surface area contributed by atoms with Gasteiger partial charge in [-0.3, -0.25) is 19.5 Å². The molecule has 0 radical (unpaired) electrons. The zero-order valence-electron chi connectivity index (χ0n) is 17.0. The van der Waals surface area contributed by atoms with Crippen LogP contribution in [0.15, 0.2) is 41.3 Å². The number of nitrogens with one attached hydrogen (secondary N) is 1. The molecule has 4 aromatic rings.